The van der Waals surface area contributed by atoms with Gasteiger partial charge < -0.3 is 4.90 Å². The van der Waals surface area contributed by atoms with Gasteiger partial charge in [-0.25, -0.2) is 9.97 Å². The minimum atomic E-state index is -0.722. The largest absolute Gasteiger partial charge is 0.310 e. The maximum absolute atomic E-state index is 5.49. The van der Waals surface area contributed by atoms with Crippen LogP contribution in [-0.4, -0.2) is 9.97 Å². The summed E-state index contributed by atoms with van der Waals surface area (Å²) in [5.74, 6) is 1.50. The molecule has 0 atom stereocenters. The molecular weight excluding hydrogens is 825 g/mol. The van der Waals surface area contributed by atoms with E-state index in [9.17, 15) is 0 Å². The van der Waals surface area contributed by atoms with Gasteiger partial charge in [0.05, 0.1) is 39.3 Å². The van der Waals surface area contributed by atoms with Crippen molar-refractivity contribution in [2.75, 3.05) is 9.80 Å². The van der Waals surface area contributed by atoms with Crippen molar-refractivity contribution in [3.05, 3.63) is 285 Å². The summed E-state index contributed by atoms with van der Waals surface area (Å²) in [6.45, 7) is 8.94. The first-order chi connectivity index (χ1) is 33.3. The maximum Gasteiger partial charge on any atom is 0.162 e. The minimum Gasteiger partial charge on any atom is -0.310 e. The summed E-state index contributed by atoms with van der Waals surface area (Å²) in [5, 5.41) is 0. The van der Waals surface area contributed by atoms with Crippen LogP contribution in [0.4, 0.5) is 34.3 Å². The van der Waals surface area contributed by atoms with Gasteiger partial charge in [0, 0.05) is 22.9 Å². The van der Waals surface area contributed by atoms with Crippen molar-refractivity contribution in [3.63, 3.8) is 0 Å². The third-order valence-electron chi connectivity index (χ3n) is 14.7. The van der Waals surface area contributed by atoms with E-state index in [1.807, 2.05) is 6.07 Å². The Hall–Kier alpha value is -8.34. The topological polar surface area (TPSA) is 32.3 Å². The fraction of sp³-hybridized carbons (Fsp3) is 0.0938. The van der Waals surface area contributed by atoms with Crippen LogP contribution in [0, 0.1) is 27.7 Å². The van der Waals surface area contributed by atoms with Gasteiger partial charge in [-0.2, -0.15) is 0 Å². The van der Waals surface area contributed by atoms with Gasteiger partial charge in [-0.3, -0.25) is 4.90 Å². The zero-order chi connectivity index (χ0) is 45.7. The average molecular weight is 873 g/mol. The molecule has 2 aliphatic heterocycles. The summed E-state index contributed by atoms with van der Waals surface area (Å²) in [5.41, 5.74) is 22.2. The summed E-state index contributed by atoms with van der Waals surface area (Å²) in [4.78, 5) is 15.6. The molecule has 1 aromatic heterocycles. The predicted molar refractivity (Wildman–Crippen MR) is 279 cm³/mol. The number of rotatable bonds is 4. The molecule has 324 valence electrons. The zero-order valence-corrected chi connectivity index (χ0v) is 38.6. The Balaban J connectivity index is 1.15. The molecule has 0 saturated heterocycles. The second kappa shape index (κ2) is 15.1. The number of hydrogen-bond acceptors (Lipinski definition) is 4. The third kappa shape index (κ3) is 5.61. The van der Waals surface area contributed by atoms with Gasteiger partial charge in [-0.15, -0.1) is 0 Å². The number of para-hydroxylation sites is 1. The second-order valence-corrected chi connectivity index (χ2v) is 18.8. The monoisotopic (exact) mass is 872 g/mol. The average Bonchev–Trinajstić information content (AvgIpc) is 3.38. The molecule has 68 heavy (non-hydrogen) atoms. The lowest BCUT2D eigenvalue weighted by Crippen LogP contribution is -2.49. The van der Waals surface area contributed by atoms with Gasteiger partial charge in [0.2, 0.25) is 0 Å². The van der Waals surface area contributed by atoms with Gasteiger partial charge in [0.1, 0.15) is 5.82 Å². The fourth-order valence-electron chi connectivity index (χ4n) is 12.0. The smallest absolute Gasteiger partial charge is 0.162 e. The van der Waals surface area contributed by atoms with Crippen LogP contribution in [-0.2, 0) is 10.8 Å². The van der Waals surface area contributed by atoms with Gasteiger partial charge in [0.15, 0.2) is 5.82 Å². The maximum atomic E-state index is 5.49. The van der Waals surface area contributed by atoms with E-state index in [1.165, 1.54) is 78.1 Å². The highest BCUT2D eigenvalue weighted by Gasteiger charge is 2.59. The number of aromatic nitrogens is 2. The number of aryl methyl sites for hydroxylation is 4. The Morgan fingerprint density at radius 1 is 0.309 bits per heavy atom. The van der Waals surface area contributed by atoms with Crippen molar-refractivity contribution in [2.24, 2.45) is 0 Å². The SMILES string of the molecule is Cc1ccc2c(c1)C1(c3cc(C)ccc3N2c2ccccc2)c2ccccc2C2(c3cc(C)ccc3N(c3cc(-c4ccccc4)nc(-c4ccccc4)n3)c3ccc(C)cc32)c2ccccc21. The number of hydrogen-bond donors (Lipinski definition) is 0. The first kappa shape index (κ1) is 40.0. The van der Waals surface area contributed by atoms with Gasteiger partial charge in [0.25, 0.3) is 0 Å². The van der Waals surface area contributed by atoms with Gasteiger partial charge >= 0.3 is 0 Å². The number of benzene rings is 9. The van der Waals surface area contributed by atoms with Crippen molar-refractivity contribution in [3.8, 4) is 22.6 Å². The number of anilines is 6. The van der Waals surface area contributed by atoms with Gasteiger partial charge in [-0.05, 0) is 109 Å². The lowest BCUT2D eigenvalue weighted by atomic mass is 9.48. The van der Waals surface area contributed by atoms with Crippen LogP contribution in [0.2, 0.25) is 0 Å². The van der Waals surface area contributed by atoms with Crippen molar-refractivity contribution in [1.29, 1.82) is 0 Å². The molecule has 0 bridgehead atoms. The Kier molecular flexibility index (Phi) is 8.88. The molecule has 10 aromatic rings. The van der Waals surface area contributed by atoms with E-state index >= 15 is 0 Å². The highest BCUT2D eigenvalue weighted by molar-refractivity contribution is 5.96. The third-order valence-corrected chi connectivity index (χ3v) is 14.7. The molecule has 1 aliphatic carbocycles. The molecule has 2 spiro atoms. The fourth-order valence-corrected chi connectivity index (χ4v) is 12.0. The van der Waals surface area contributed by atoms with E-state index in [2.05, 4.69) is 250 Å². The predicted octanol–water partition coefficient (Wildman–Crippen LogP) is 15.7. The van der Waals surface area contributed by atoms with Crippen LogP contribution >= 0.6 is 0 Å². The molecule has 0 radical (unpaired) electrons. The standard InChI is InChI=1S/C64H48N4/c1-41-28-32-57-52(36-41)63(53-37-42(2)29-33-58(53)67(57)47-22-12-7-13-23-47)48-24-14-16-26-50(48)64(51-27-17-15-25-49(51)63)54-38-43(3)30-34-59(54)68(60-35-31-44(4)39-55(60)64)61-40-56(45-18-8-5-9-19-45)65-62(66-61)46-20-10-6-11-21-46/h5-40H,1-4H3. The van der Waals surface area contributed by atoms with Crippen LogP contribution in [0.3, 0.4) is 0 Å². The summed E-state index contributed by atoms with van der Waals surface area (Å²) < 4.78 is 0. The molecule has 4 heteroatoms. The molecular formula is C64H48N4. The molecule has 4 nitrogen and oxygen atoms in total. The second-order valence-electron chi connectivity index (χ2n) is 18.8. The molecule has 0 fully saturated rings. The van der Waals surface area contributed by atoms with Crippen molar-refractivity contribution in [1.82, 2.24) is 9.97 Å². The van der Waals surface area contributed by atoms with E-state index in [0.717, 1.165) is 39.7 Å². The molecule has 0 amide bonds. The van der Waals surface area contributed by atoms with Crippen LogP contribution in [0.5, 0.6) is 0 Å². The van der Waals surface area contributed by atoms with Crippen LogP contribution in [0.1, 0.15) is 66.8 Å². The quantitative estimate of drug-likeness (QED) is 0.176. The summed E-state index contributed by atoms with van der Waals surface area (Å²) in [6, 6.07) is 80.9. The Morgan fingerprint density at radius 2 is 0.662 bits per heavy atom. The van der Waals surface area contributed by atoms with E-state index < -0.39 is 10.8 Å². The Morgan fingerprint density at radius 3 is 1.07 bits per heavy atom. The van der Waals surface area contributed by atoms with Crippen LogP contribution < -0.4 is 9.80 Å². The lowest BCUT2D eigenvalue weighted by molar-refractivity contribution is 0.606. The molecule has 3 heterocycles. The van der Waals surface area contributed by atoms with Crippen molar-refractivity contribution >= 4 is 34.3 Å². The molecule has 0 unspecified atom stereocenters. The minimum absolute atomic E-state index is 0.667. The van der Waals surface area contributed by atoms with Crippen LogP contribution in [0.15, 0.2) is 218 Å². The zero-order valence-electron chi connectivity index (χ0n) is 38.6. The van der Waals surface area contributed by atoms with E-state index in [-0.39, 0.29) is 0 Å². The number of nitrogens with zero attached hydrogens (tertiary/aromatic N) is 4. The van der Waals surface area contributed by atoms with E-state index in [0.29, 0.717) is 5.82 Å². The van der Waals surface area contributed by atoms with E-state index in [4.69, 9.17) is 9.97 Å². The van der Waals surface area contributed by atoms with Crippen molar-refractivity contribution in [2.45, 2.75) is 38.5 Å². The van der Waals surface area contributed by atoms with Gasteiger partial charge in [-0.1, -0.05) is 198 Å². The molecule has 13 rings (SSSR count). The van der Waals surface area contributed by atoms with Crippen LogP contribution in [0.25, 0.3) is 22.6 Å². The lowest BCUT2D eigenvalue weighted by Gasteiger charge is -2.56. The summed E-state index contributed by atoms with van der Waals surface area (Å²) in [6.07, 6.45) is 0. The first-order valence-corrected chi connectivity index (χ1v) is 23.7. The Bertz CT molecular complexity index is 3420. The van der Waals surface area contributed by atoms with Crippen molar-refractivity contribution < 1.29 is 0 Å². The van der Waals surface area contributed by atoms with E-state index in [1.54, 1.807) is 0 Å². The number of fused-ring (bicyclic) bond motifs is 14. The highest BCUT2D eigenvalue weighted by Crippen LogP contribution is 2.68. The normalized spacial score (nSPS) is 14.4. The Labute approximate surface area is 398 Å². The molecule has 0 N–H and O–H groups in total. The molecule has 9 aromatic carbocycles. The summed E-state index contributed by atoms with van der Waals surface area (Å²) in [7, 11) is 0. The highest BCUT2D eigenvalue weighted by atomic mass is 15.2. The molecule has 3 aliphatic rings. The summed E-state index contributed by atoms with van der Waals surface area (Å²) >= 11 is 0. The first-order valence-electron chi connectivity index (χ1n) is 23.7. The molecule has 0 saturated carbocycles.